The summed E-state index contributed by atoms with van der Waals surface area (Å²) >= 11 is 0. The highest BCUT2D eigenvalue weighted by atomic mass is 32.2. The summed E-state index contributed by atoms with van der Waals surface area (Å²) < 4.78 is 28.1. The lowest BCUT2D eigenvalue weighted by atomic mass is 10.1. The summed E-state index contributed by atoms with van der Waals surface area (Å²) in [4.78, 5) is 12.3. The van der Waals surface area contributed by atoms with Crippen LogP contribution in [0.1, 0.15) is 41.8 Å². The molecule has 134 valence electrons. The fraction of sp³-hybridized carbons (Fsp3) is 0.316. The Morgan fingerprint density at radius 1 is 1.08 bits per heavy atom. The molecule has 6 heteroatoms. The number of nitrogens with one attached hydrogen (secondary N) is 2. The van der Waals surface area contributed by atoms with E-state index in [1.807, 2.05) is 26.0 Å². The maximum Gasteiger partial charge on any atom is 0.261 e. The summed E-state index contributed by atoms with van der Waals surface area (Å²) in [6.07, 6.45) is 1.54. The Morgan fingerprint density at radius 2 is 1.80 bits per heavy atom. The predicted molar refractivity (Wildman–Crippen MR) is 100 cm³/mol. The smallest absolute Gasteiger partial charge is 0.261 e. The van der Waals surface area contributed by atoms with Crippen LogP contribution < -0.4 is 10.0 Å². The number of sulfonamides is 1. The monoisotopic (exact) mass is 360 g/mol. The SMILES string of the molecule is CCCNC(=O)c1cc(S(=O)(=O)Nc2ccccc2CC)ccc1C. The number of benzene rings is 2. The summed E-state index contributed by atoms with van der Waals surface area (Å²) in [5, 5.41) is 2.78. The summed E-state index contributed by atoms with van der Waals surface area (Å²) in [5.74, 6) is -0.259. The lowest BCUT2D eigenvalue weighted by Crippen LogP contribution is -2.25. The van der Waals surface area contributed by atoms with Crippen LogP contribution in [0.5, 0.6) is 0 Å². The molecule has 0 radical (unpaired) electrons. The predicted octanol–water partition coefficient (Wildman–Crippen LogP) is 3.50. The first-order valence-electron chi connectivity index (χ1n) is 8.38. The molecule has 5 nitrogen and oxygen atoms in total. The van der Waals surface area contributed by atoms with Gasteiger partial charge in [0.05, 0.1) is 10.6 Å². The van der Waals surface area contributed by atoms with Gasteiger partial charge in [0.1, 0.15) is 0 Å². The van der Waals surface area contributed by atoms with Crippen LogP contribution in [0.15, 0.2) is 47.4 Å². The third-order valence-electron chi connectivity index (χ3n) is 3.94. The molecular weight excluding hydrogens is 336 g/mol. The second-order valence-electron chi connectivity index (χ2n) is 5.85. The summed E-state index contributed by atoms with van der Waals surface area (Å²) in [7, 11) is -3.77. The Balaban J connectivity index is 2.35. The Kier molecular flexibility index (Phi) is 6.20. The van der Waals surface area contributed by atoms with Crippen molar-refractivity contribution < 1.29 is 13.2 Å². The first kappa shape index (κ1) is 19.0. The van der Waals surface area contributed by atoms with Crippen molar-refractivity contribution in [3.63, 3.8) is 0 Å². The zero-order valence-corrected chi connectivity index (χ0v) is 15.6. The molecule has 2 aromatic carbocycles. The molecule has 0 fully saturated rings. The van der Waals surface area contributed by atoms with Gasteiger partial charge in [0.15, 0.2) is 0 Å². The average Bonchev–Trinajstić information content (AvgIpc) is 2.60. The van der Waals surface area contributed by atoms with Gasteiger partial charge >= 0.3 is 0 Å². The number of hydrogen-bond acceptors (Lipinski definition) is 3. The van der Waals surface area contributed by atoms with Crippen molar-refractivity contribution in [1.29, 1.82) is 0 Å². The molecule has 1 amide bonds. The Hall–Kier alpha value is -2.34. The lowest BCUT2D eigenvalue weighted by molar-refractivity contribution is 0.0953. The molecular formula is C19H24N2O3S. The van der Waals surface area contributed by atoms with E-state index in [9.17, 15) is 13.2 Å². The van der Waals surface area contributed by atoms with E-state index in [0.29, 0.717) is 17.8 Å². The molecule has 0 aliphatic rings. The summed E-state index contributed by atoms with van der Waals surface area (Å²) in [5.41, 5.74) is 2.59. The second kappa shape index (κ2) is 8.16. The fourth-order valence-corrected chi connectivity index (χ4v) is 3.61. The molecule has 0 heterocycles. The van der Waals surface area contributed by atoms with Crippen molar-refractivity contribution in [2.45, 2.75) is 38.5 Å². The Labute approximate surface area is 149 Å². The second-order valence-corrected chi connectivity index (χ2v) is 7.53. The molecule has 25 heavy (non-hydrogen) atoms. The van der Waals surface area contributed by atoms with Crippen LogP contribution in [0.4, 0.5) is 5.69 Å². The van der Waals surface area contributed by atoms with Crippen molar-refractivity contribution in [1.82, 2.24) is 5.32 Å². The maximum absolute atomic E-state index is 12.7. The summed E-state index contributed by atoms with van der Waals surface area (Å²) in [6.45, 7) is 6.27. The largest absolute Gasteiger partial charge is 0.352 e. The quantitative estimate of drug-likeness (QED) is 0.793. The van der Waals surface area contributed by atoms with Gasteiger partial charge < -0.3 is 5.32 Å². The summed E-state index contributed by atoms with van der Waals surface area (Å²) in [6, 6.07) is 11.9. The highest BCUT2D eigenvalue weighted by Gasteiger charge is 2.19. The molecule has 0 aliphatic heterocycles. The van der Waals surface area contributed by atoms with Gasteiger partial charge in [-0.25, -0.2) is 8.42 Å². The van der Waals surface area contributed by atoms with Gasteiger partial charge in [-0.1, -0.05) is 38.1 Å². The van der Waals surface area contributed by atoms with E-state index in [0.717, 1.165) is 24.0 Å². The van der Waals surface area contributed by atoms with E-state index in [1.165, 1.54) is 12.1 Å². The number of anilines is 1. The minimum absolute atomic E-state index is 0.0747. The molecule has 0 aliphatic carbocycles. The van der Waals surface area contributed by atoms with E-state index >= 15 is 0 Å². The molecule has 2 aromatic rings. The van der Waals surface area contributed by atoms with Crippen LogP contribution >= 0.6 is 0 Å². The molecule has 2 N–H and O–H groups in total. The third kappa shape index (κ3) is 4.60. The number of carbonyl (C=O) groups is 1. The van der Waals surface area contributed by atoms with Crippen molar-refractivity contribution >= 4 is 21.6 Å². The van der Waals surface area contributed by atoms with E-state index in [4.69, 9.17) is 0 Å². The first-order valence-corrected chi connectivity index (χ1v) is 9.87. The van der Waals surface area contributed by atoms with Crippen LogP contribution in [-0.2, 0) is 16.4 Å². The molecule has 2 rings (SSSR count). The maximum atomic E-state index is 12.7. The van der Waals surface area contributed by atoms with E-state index in [1.54, 1.807) is 25.1 Å². The van der Waals surface area contributed by atoms with Crippen LogP contribution in [0, 0.1) is 6.92 Å². The minimum Gasteiger partial charge on any atom is -0.352 e. The van der Waals surface area contributed by atoms with E-state index in [-0.39, 0.29) is 10.8 Å². The van der Waals surface area contributed by atoms with Crippen LogP contribution in [0.3, 0.4) is 0 Å². The zero-order valence-electron chi connectivity index (χ0n) is 14.8. The number of rotatable bonds is 7. The standard InChI is InChI=1S/C19H24N2O3S/c1-4-12-20-19(22)17-13-16(11-10-14(17)3)25(23,24)21-18-9-7-6-8-15(18)5-2/h6-11,13,21H,4-5,12H2,1-3H3,(H,20,22). The molecule has 0 aromatic heterocycles. The topological polar surface area (TPSA) is 75.3 Å². The van der Waals surface area contributed by atoms with Crippen molar-refractivity contribution in [3.05, 3.63) is 59.2 Å². The number of carbonyl (C=O) groups excluding carboxylic acids is 1. The fourth-order valence-electron chi connectivity index (χ4n) is 2.48. The molecule has 0 saturated carbocycles. The Bertz CT molecular complexity index is 861. The van der Waals surface area contributed by atoms with Gasteiger partial charge in [0.25, 0.3) is 15.9 Å². The lowest BCUT2D eigenvalue weighted by Gasteiger charge is -2.13. The molecule has 0 saturated heterocycles. The molecule has 0 unspecified atom stereocenters. The van der Waals surface area contributed by atoms with Crippen molar-refractivity contribution in [2.24, 2.45) is 0 Å². The highest BCUT2D eigenvalue weighted by molar-refractivity contribution is 7.92. The van der Waals surface area contributed by atoms with E-state index in [2.05, 4.69) is 10.0 Å². The molecule has 0 spiro atoms. The average molecular weight is 360 g/mol. The molecule has 0 bridgehead atoms. The van der Waals surface area contributed by atoms with Gasteiger partial charge in [0.2, 0.25) is 0 Å². The van der Waals surface area contributed by atoms with Gasteiger partial charge in [0, 0.05) is 12.1 Å². The van der Waals surface area contributed by atoms with Crippen molar-refractivity contribution in [2.75, 3.05) is 11.3 Å². The first-order chi connectivity index (χ1) is 11.9. The van der Waals surface area contributed by atoms with Crippen LogP contribution in [0.2, 0.25) is 0 Å². The molecule has 0 atom stereocenters. The van der Waals surface area contributed by atoms with Gasteiger partial charge in [-0.2, -0.15) is 0 Å². The van der Waals surface area contributed by atoms with E-state index < -0.39 is 10.0 Å². The number of para-hydroxylation sites is 1. The van der Waals surface area contributed by atoms with Crippen LogP contribution in [-0.4, -0.2) is 20.9 Å². The van der Waals surface area contributed by atoms with Crippen molar-refractivity contribution in [3.8, 4) is 0 Å². The minimum atomic E-state index is -3.77. The number of aryl methyl sites for hydroxylation is 2. The van der Waals surface area contributed by atoms with Crippen LogP contribution in [0.25, 0.3) is 0 Å². The third-order valence-corrected chi connectivity index (χ3v) is 5.31. The number of amides is 1. The normalized spacial score (nSPS) is 11.2. The van der Waals surface area contributed by atoms with Gasteiger partial charge in [-0.3, -0.25) is 9.52 Å². The van der Waals surface area contributed by atoms with Gasteiger partial charge in [-0.15, -0.1) is 0 Å². The van der Waals surface area contributed by atoms with Gasteiger partial charge in [-0.05, 0) is 49.1 Å². The number of hydrogen-bond donors (Lipinski definition) is 2. The Morgan fingerprint density at radius 3 is 2.48 bits per heavy atom. The highest BCUT2D eigenvalue weighted by Crippen LogP contribution is 2.22. The zero-order chi connectivity index (χ0) is 18.4.